The van der Waals surface area contributed by atoms with Crippen LogP contribution in [-0.4, -0.2) is 18.9 Å². The Morgan fingerprint density at radius 3 is 2.10 bits per heavy atom. The lowest BCUT2D eigenvalue weighted by Crippen LogP contribution is -2.25. The molecule has 0 atom stereocenters. The molecule has 0 spiro atoms. The van der Waals surface area contributed by atoms with Crippen LogP contribution in [0.1, 0.15) is 15.9 Å². The molecule has 0 aliphatic rings. The smallest absolute Gasteiger partial charge is 0.195 e. The molecule has 0 aromatic heterocycles. The van der Waals surface area contributed by atoms with Gasteiger partial charge in [-0.1, -0.05) is 54.6 Å². The van der Waals surface area contributed by atoms with E-state index in [0.29, 0.717) is 24.2 Å². The first-order valence-corrected chi connectivity index (χ1v) is 6.93. The topological polar surface area (TPSA) is 20.3 Å². The molecule has 21 heavy (non-hydrogen) atoms. The van der Waals surface area contributed by atoms with Gasteiger partial charge < -0.3 is 4.90 Å². The summed E-state index contributed by atoms with van der Waals surface area (Å²) in [6.07, 6.45) is 3.65. The summed E-state index contributed by atoms with van der Waals surface area (Å²) in [6, 6.07) is 17.0. The van der Waals surface area contributed by atoms with Crippen molar-refractivity contribution in [1.82, 2.24) is 0 Å². The van der Waals surface area contributed by atoms with Crippen molar-refractivity contribution in [2.24, 2.45) is 0 Å². The third-order valence-corrected chi connectivity index (χ3v) is 3.22. The molecular formula is C19H19NO. The summed E-state index contributed by atoms with van der Waals surface area (Å²) in [5.74, 6) is 0.0318. The van der Waals surface area contributed by atoms with E-state index in [4.69, 9.17) is 0 Å². The highest BCUT2D eigenvalue weighted by Crippen LogP contribution is 2.23. The van der Waals surface area contributed by atoms with Crippen LogP contribution in [-0.2, 0) is 0 Å². The maximum absolute atomic E-state index is 12.7. The number of nitrogens with zero attached hydrogens (tertiary/aromatic N) is 1. The predicted octanol–water partition coefficient (Wildman–Crippen LogP) is 4.10. The number of hydrogen-bond acceptors (Lipinski definition) is 2. The van der Waals surface area contributed by atoms with Crippen molar-refractivity contribution < 1.29 is 4.79 Å². The van der Waals surface area contributed by atoms with Gasteiger partial charge in [-0.25, -0.2) is 0 Å². The molecule has 2 heteroatoms. The Hall–Kier alpha value is -2.61. The molecule has 2 aromatic rings. The van der Waals surface area contributed by atoms with Gasteiger partial charge in [0.1, 0.15) is 0 Å². The quantitative estimate of drug-likeness (QED) is 0.561. The second-order valence-electron chi connectivity index (χ2n) is 4.69. The first-order valence-electron chi connectivity index (χ1n) is 6.93. The standard InChI is InChI=1S/C19H19NO/c1-3-14-20(15-4-2)18-13-9-8-12-17(18)19(21)16-10-6-5-7-11-16/h3-13H,1-2,14-15H2. The predicted molar refractivity (Wildman–Crippen MR) is 88.9 cm³/mol. The van der Waals surface area contributed by atoms with Crippen LogP contribution in [0.15, 0.2) is 79.9 Å². The van der Waals surface area contributed by atoms with E-state index in [1.165, 1.54) is 0 Å². The minimum Gasteiger partial charge on any atom is -0.364 e. The Morgan fingerprint density at radius 2 is 1.48 bits per heavy atom. The largest absolute Gasteiger partial charge is 0.364 e. The average Bonchev–Trinajstić information content (AvgIpc) is 2.55. The summed E-state index contributed by atoms with van der Waals surface area (Å²) in [5.41, 5.74) is 2.31. The Morgan fingerprint density at radius 1 is 0.905 bits per heavy atom. The number of ketones is 1. The molecule has 0 aliphatic carbocycles. The van der Waals surface area contributed by atoms with Gasteiger partial charge >= 0.3 is 0 Å². The van der Waals surface area contributed by atoms with E-state index in [-0.39, 0.29) is 5.78 Å². The third-order valence-electron chi connectivity index (χ3n) is 3.22. The molecule has 0 N–H and O–H groups in total. The van der Waals surface area contributed by atoms with E-state index in [1.54, 1.807) is 0 Å². The van der Waals surface area contributed by atoms with Gasteiger partial charge in [0, 0.05) is 29.9 Å². The molecule has 0 amide bonds. The molecule has 0 saturated carbocycles. The van der Waals surface area contributed by atoms with Crippen molar-refractivity contribution in [3.8, 4) is 0 Å². The number of rotatable bonds is 7. The lowest BCUT2D eigenvalue weighted by Gasteiger charge is -2.24. The van der Waals surface area contributed by atoms with Gasteiger partial charge in [-0.05, 0) is 12.1 Å². The van der Waals surface area contributed by atoms with E-state index >= 15 is 0 Å². The highest BCUT2D eigenvalue weighted by Gasteiger charge is 2.16. The minimum atomic E-state index is 0.0318. The molecule has 0 saturated heterocycles. The van der Waals surface area contributed by atoms with E-state index in [9.17, 15) is 4.79 Å². The van der Waals surface area contributed by atoms with Crippen molar-refractivity contribution in [2.75, 3.05) is 18.0 Å². The van der Waals surface area contributed by atoms with Gasteiger partial charge in [-0.15, -0.1) is 13.2 Å². The van der Waals surface area contributed by atoms with Gasteiger partial charge in [0.15, 0.2) is 5.78 Å². The Kier molecular flexibility index (Phi) is 5.10. The molecule has 106 valence electrons. The molecule has 0 unspecified atom stereocenters. The van der Waals surface area contributed by atoms with Crippen molar-refractivity contribution in [1.29, 1.82) is 0 Å². The van der Waals surface area contributed by atoms with Gasteiger partial charge in [0.05, 0.1) is 0 Å². The Balaban J connectivity index is 2.42. The summed E-state index contributed by atoms with van der Waals surface area (Å²) in [7, 11) is 0. The van der Waals surface area contributed by atoms with Crippen LogP contribution in [0.25, 0.3) is 0 Å². The van der Waals surface area contributed by atoms with Crippen LogP contribution in [0.5, 0.6) is 0 Å². The van der Waals surface area contributed by atoms with Crippen molar-refractivity contribution >= 4 is 11.5 Å². The molecule has 2 rings (SSSR count). The van der Waals surface area contributed by atoms with Crippen LogP contribution in [0, 0.1) is 0 Å². The molecule has 2 nitrogen and oxygen atoms in total. The number of carbonyl (C=O) groups is 1. The zero-order valence-electron chi connectivity index (χ0n) is 12.0. The number of para-hydroxylation sites is 1. The fraction of sp³-hybridized carbons (Fsp3) is 0.105. The Labute approximate surface area is 126 Å². The molecular weight excluding hydrogens is 258 g/mol. The molecule has 0 radical (unpaired) electrons. The third kappa shape index (κ3) is 3.48. The molecule has 0 heterocycles. The van der Waals surface area contributed by atoms with Crippen LogP contribution in [0.2, 0.25) is 0 Å². The highest BCUT2D eigenvalue weighted by molar-refractivity contribution is 6.12. The van der Waals surface area contributed by atoms with Crippen LogP contribution in [0.4, 0.5) is 5.69 Å². The van der Waals surface area contributed by atoms with E-state index in [2.05, 4.69) is 18.1 Å². The van der Waals surface area contributed by atoms with Crippen LogP contribution < -0.4 is 4.90 Å². The first kappa shape index (κ1) is 14.8. The summed E-state index contributed by atoms with van der Waals surface area (Å²) < 4.78 is 0. The molecule has 0 fully saturated rings. The van der Waals surface area contributed by atoms with Gasteiger partial charge in [-0.3, -0.25) is 4.79 Å². The lowest BCUT2D eigenvalue weighted by molar-refractivity contribution is 0.103. The van der Waals surface area contributed by atoms with Crippen molar-refractivity contribution in [3.05, 3.63) is 91.0 Å². The lowest BCUT2D eigenvalue weighted by atomic mass is 10.0. The second-order valence-corrected chi connectivity index (χ2v) is 4.69. The average molecular weight is 277 g/mol. The molecule has 0 bridgehead atoms. The Bertz CT molecular complexity index is 621. The number of hydrogen-bond donors (Lipinski definition) is 0. The van der Waals surface area contributed by atoms with Crippen LogP contribution >= 0.6 is 0 Å². The van der Waals surface area contributed by atoms with Crippen LogP contribution in [0.3, 0.4) is 0 Å². The fourth-order valence-electron chi connectivity index (χ4n) is 2.27. The summed E-state index contributed by atoms with van der Waals surface area (Å²) in [6.45, 7) is 8.90. The summed E-state index contributed by atoms with van der Waals surface area (Å²) >= 11 is 0. The van der Waals surface area contributed by atoms with E-state index in [0.717, 1.165) is 5.69 Å². The monoisotopic (exact) mass is 277 g/mol. The maximum atomic E-state index is 12.7. The minimum absolute atomic E-state index is 0.0318. The maximum Gasteiger partial charge on any atom is 0.195 e. The number of anilines is 1. The van der Waals surface area contributed by atoms with Gasteiger partial charge in [0.2, 0.25) is 0 Å². The molecule has 2 aromatic carbocycles. The highest BCUT2D eigenvalue weighted by atomic mass is 16.1. The van der Waals surface area contributed by atoms with E-state index in [1.807, 2.05) is 66.7 Å². The van der Waals surface area contributed by atoms with E-state index < -0.39 is 0 Å². The zero-order chi connectivity index (χ0) is 15.1. The normalized spacial score (nSPS) is 9.90. The molecule has 0 aliphatic heterocycles. The number of benzene rings is 2. The zero-order valence-corrected chi connectivity index (χ0v) is 12.0. The second kappa shape index (κ2) is 7.25. The first-order chi connectivity index (χ1) is 10.3. The SMILES string of the molecule is C=CCN(CC=C)c1ccccc1C(=O)c1ccccc1. The van der Waals surface area contributed by atoms with Crippen molar-refractivity contribution in [2.45, 2.75) is 0 Å². The number of carbonyl (C=O) groups excluding carboxylic acids is 1. The summed E-state index contributed by atoms with van der Waals surface area (Å²) in [5, 5.41) is 0. The summed E-state index contributed by atoms with van der Waals surface area (Å²) in [4.78, 5) is 14.8. The fourth-order valence-corrected chi connectivity index (χ4v) is 2.27. The van der Waals surface area contributed by atoms with Crippen molar-refractivity contribution in [3.63, 3.8) is 0 Å². The van der Waals surface area contributed by atoms with Gasteiger partial charge in [0.25, 0.3) is 0 Å². The van der Waals surface area contributed by atoms with Gasteiger partial charge in [-0.2, -0.15) is 0 Å².